The van der Waals surface area contributed by atoms with Crippen LogP contribution in [0.25, 0.3) is 53.1 Å². The average Bonchev–Trinajstić information content (AvgIpc) is 4.07. The van der Waals surface area contributed by atoms with E-state index >= 15 is 0 Å². The van der Waals surface area contributed by atoms with Crippen LogP contribution >= 0.6 is 22.7 Å². The molecule has 55 heavy (non-hydrogen) atoms. The molecule has 256 valence electrons. The van der Waals surface area contributed by atoms with E-state index in [-0.39, 0.29) is 13.4 Å². The normalized spacial score (nSPS) is 13.5. The summed E-state index contributed by atoms with van der Waals surface area (Å²) in [5.74, 6) is 1.66. The molecule has 0 saturated heterocycles. The molecular formula is C46H25B2NO4S2. The van der Waals surface area contributed by atoms with Crippen LogP contribution in [0.5, 0.6) is 11.5 Å². The molecule has 0 unspecified atom stereocenters. The van der Waals surface area contributed by atoms with Crippen molar-refractivity contribution in [1.29, 1.82) is 0 Å². The standard InChI is InChI=1S/C46H25B2NO4S2/c1-3-7-35-32(5-1)49(33-6-2-4-8-36(33)51-35)29-12-9-27(10-13-29)47-43-41-30-20-23-54-39(30)17-15-37(41)53-46(43)48(28-11-14-34-26(25-28)19-22-50-34)44-42-31-21-24-55-40(31)18-16-38(42)52-45(44)47/h1-25H. The molecule has 13 rings (SSSR count). The van der Waals surface area contributed by atoms with E-state index in [1.807, 2.05) is 30.3 Å². The van der Waals surface area contributed by atoms with Gasteiger partial charge in [0, 0.05) is 42.0 Å². The number of anilines is 3. The Kier molecular flexibility index (Phi) is 6.03. The lowest BCUT2D eigenvalue weighted by Gasteiger charge is -2.33. The van der Waals surface area contributed by atoms with Gasteiger partial charge < -0.3 is 22.9 Å². The third-order valence-electron chi connectivity index (χ3n) is 11.5. The highest BCUT2D eigenvalue weighted by molar-refractivity contribution is 7.18. The Morgan fingerprint density at radius 1 is 0.509 bits per heavy atom. The van der Waals surface area contributed by atoms with Crippen molar-refractivity contribution in [1.82, 2.24) is 0 Å². The van der Waals surface area contributed by atoms with Gasteiger partial charge in [-0.2, -0.15) is 0 Å². The molecule has 0 amide bonds. The lowest BCUT2D eigenvalue weighted by atomic mass is 9.23. The number of thiophene rings is 2. The summed E-state index contributed by atoms with van der Waals surface area (Å²) >= 11 is 3.52. The fourth-order valence-electron chi connectivity index (χ4n) is 9.23. The summed E-state index contributed by atoms with van der Waals surface area (Å²) in [6.07, 6.45) is 1.76. The number of benzene rings is 6. The van der Waals surface area contributed by atoms with Crippen molar-refractivity contribution in [3.63, 3.8) is 0 Å². The second kappa shape index (κ2) is 11.1. The van der Waals surface area contributed by atoms with Gasteiger partial charge in [-0.1, -0.05) is 59.5 Å². The highest BCUT2D eigenvalue weighted by atomic mass is 32.1. The third kappa shape index (κ3) is 4.14. The van der Waals surface area contributed by atoms with Gasteiger partial charge in [0.1, 0.15) is 16.7 Å². The van der Waals surface area contributed by atoms with E-state index in [4.69, 9.17) is 18.0 Å². The number of nitrogens with zero attached hydrogens (tertiary/aromatic N) is 1. The molecule has 6 aromatic carbocycles. The van der Waals surface area contributed by atoms with Crippen molar-refractivity contribution in [2.24, 2.45) is 0 Å². The maximum absolute atomic E-state index is 7.19. The van der Waals surface area contributed by atoms with Crippen LogP contribution in [-0.2, 0) is 0 Å². The van der Waals surface area contributed by atoms with Gasteiger partial charge in [0.05, 0.1) is 29.0 Å². The van der Waals surface area contributed by atoms with Crippen molar-refractivity contribution in [3.05, 3.63) is 150 Å². The summed E-state index contributed by atoms with van der Waals surface area (Å²) in [5.41, 5.74) is 12.3. The van der Waals surface area contributed by atoms with Crippen molar-refractivity contribution in [2.45, 2.75) is 0 Å². The molecule has 0 saturated carbocycles. The first-order chi connectivity index (χ1) is 27.3. The minimum Gasteiger partial charge on any atom is -0.471 e. The average molecular weight is 741 g/mol. The number of hydrogen-bond acceptors (Lipinski definition) is 7. The number of rotatable bonds is 3. The third-order valence-corrected chi connectivity index (χ3v) is 13.3. The second-order valence-corrected chi connectivity index (χ2v) is 16.2. The first kappa shape index (κ1) is 30.0. The van der Waals surface area contributed by atoms with Crippen molar-refractivity contribution in [3.8, 4) is 11.5 Å². The van der Waals surface area contributed by atoms with Gasteiger partial charge in [-0.05, 0) is 107 Å². The highest BCUT2D eigenvalue weighted by Gasteiger charge is 2.47. The summed E-state index contributed by atoms with van der Waals surface area (Å²) in [6.45, 7) is -0.418. The lowest BCUT2D eigenvalue weighted by molar-refractivity contribution is 0.477. The molecule has 0 spiro atoms. The van der Waals surface area contributed by atoms with Gasteiger partial charge in [0.25, 0.3) is 13.4 Å². The SMILES string of the molecule is c1ccc2c(c1)Oc1ccccc1N2c1ccc(B2c3oc4ccc5sccc5c4c3B(c3ccc4occc4c3)c3oc4ccc5sccc5c4c32)cc1. The molecule has 0 atom stereocenters. The first-order valence-corrected chi connectivity index (χ1v) is 20.1. The molecule has 9 heteroatoms. The van der Waals surface area contributed by atoms with Gasteiger partial charge >= 0.3 is 0 Å². The van der Waals surface area contributed by atoms with E-state index in [0.29, 0.717) is 0 Å². The molecule has 2 aliphatic rings. The maximum Gasteiger partial charge on any atom is 0.290 e. The van der Waals surface area contributed by atoms with Crippen LogP contribution in [0, 0.1) is 0 Å². The smallest absolute Gasteiger partial charge is 0.290 e. The van der Waals surface area contributed by atoms with Gasteiger partial charge in [-0.3, -0.25) is 0 Å². The fourth-order valence-corrected chi connectivity index (χ4v) is 10.8. The Morgan fingerprint density at radius 2 is 1.07 bits per heavy atom. The summed E-state index contributed by atoms with van der Waals surface area (Å²) in [4.78, 5) is 2.29. The van der Waals surface area contributed by atoms with Crippen molar-refractivity contribution < 1.29 is 18.0 Å². The minimum absolute atomic E-state index is 0.200. The quantitative estimate of drug-likeness (QED) is 0.169. The van der Waals surface area contributed by atoms with E-state index < -0.39 is 0 Å². The van der Waals surface area contributed by atoms with Crippen LogP contribution in [-0.4, -0.2) is 13.4 Å². The van der Waals surface area contributed by atoms with E-state index in [1.165, 1.54) is 31.1 Å². The zero-order valence-corrected chi connectivity index (χ0v) is 30.6. The number of para-hydroxylation sites is 4. The first-order valence-electron chi connectivity index (χ1n) is 18.3. The summed E-state index contributed by atoms with van der Waals surface area (Å²) in [5, 5.41) is 10.1. The molecule has 0 fully saturated rings. The molecule has 0 aliphatic carbocycles. The molecule has 0 N–H and O–H groups in total. The van der Waals surface area contributed by atoms with Crippen LogP contribution < -0.4 is 42.8 Å². The molecule has 11 aromatic rings. The van der Waals surface area contributed by atoms with Crippen molar-refractivity contribution >= 4 is 139 Å². The molecule has 5 nitrogen and oxygen atoms in total. The number of fused-ring (bicyclic) bond motifs is 13. The highest BCUT2D eigenvalue weighted by Crippen LogP contribution is 2.50. The van der Waals surface area contributed by atoms with E-state index in [0.717, 1.165) is 83.7 Å². The predicted molar refractivity (Wildman–Crippen MR) is 230 cm³/mol. The molecule has 7 heterocycles. The van der Waals surface area contributed by atoms with Crippen LogP contribution in [0.15, 0.2) is 164 Å². The Labute approximate surface area is 322 Å². The zero-order chi connectivity index (χ0) is 35.8. The number of ether oxygens (including phenoxy) is 1. The molecule has 0 radical (unpaired) electrons. The maximum atomic E-state index is 7.19. The summed E-state index contributed by atoms with van der Waals surface area (Å²) < 4.78 is 29.0. The topological polar surface area (TPSA) is 51.9 Å². The number of furan rings is 3. The predicted octanol–water partition coefficient (Wildman–Crippen LogP) is 9.28. The molecule has 5 aromatic heterocycles. The van der Waals surface area contributed by atoms with Crippen LogP contribution in [0.3, 0.4) is 0 Å². The molecule has 0 bridgehead atoms. The summed E-state index contributed by atoms with van der Waals surface area (Å²) in [6, 6.07) is 47.1. The number of hydrogen-bond donors (Lipinski definition) is 0. The minimum atomic E-state index is -0.218. The van der Waals surface area contributed by atoms with Crippen LogP contribution in [0.2, 0.25) is 0 Å². The Balaban J connectivity index is 1.09. The summed E-state index contributed by atoms with van der Waals surface area (Å²) in [7, 11) is 0. The zero-order valence-electron chi connectivity index (χ0n) is 29.0. The Hall–Kier alpha value is -6.41. The monoisotopic (exact) mass is 741 g/mol. The van der Waals surface area contributed by atoms with Gasteiger partial charge in [-0.25, -0.2) is 0 Å². The largest absolute Gasteiger partial charge is 0.471 e. The molecular weight excluding hydrogens is 716 g/mol. The van der Waals surface area contributed by atoms with E-state index in [2.05, 4.69) is 119 Å². The van der Waals surface area contributed by atoms with Gasteiger partial charge in [-0.15, -0.1) is 22.7 Å². The Morgan fingerprint density at radius 3 is 1.71 bits per heavy atom. The van der Waals surface area contributed by atoms with Gasteiger partial charge in [0.15, 0.2) is 11.5 Å². The van der Waals surface area contributed by atoms with Crippen molar-refractivity contribution in [2.75, 3.05) is 4.90 Å². The fraction of sp³-hybridized carbons (Fsp3) is 0. The Bertz CT molecular complexity index is 3300. The second-order valence-electron chi connectivity index (χ2n) is 14.4. The molecule has 2 aliphatic heterocycles. The van der Waals surface area contributed by atoms with E-state index in [9.17, 15) is 0 Å². The van der Waals surface area contributed by atoms with E-state index in [1.54, 1.807) is 28.9 Å². The van der Waals surface area contributed by atoms with Crippen LogP contribution in [0.1, 0.15) is 0 Å². The lowest BCUT2D eigenvalue weighted by Crippen LogP contribution is -2.73. The van der Waals surface area contributed by atoms with Gasteiger partial charge in [0.2, 0.25) is 0 Å². The van der Waals surface area contributed by atoms with Crippen LogP contribution in [0.4, 0.5) is 17.1 Å².